The molecule has 1 rings (SSSR count). The van der Waals surface area contributed by atoms with Gasteiger partial charge >= 0.3 is 5.97 Å². The van der Waals surface area contributed by atoms with Gasteiger partial charge in [-0.05, 0) is 25.2 Å². The van der Waals surface area contributed by atoms with Gasteiger partial charge in [0.15, 0.2) is 0 Å². The predicted molar refractivity (Wildman–Crippen MR) is 71.9 cm³/mol. The Hall–Kier alpha value is -1.15. The van der Waals surface area contributed by atoms with E-state index in [-0.39, 0.29) is 22.0 Å². The molecule has 2 N–H and O–H groups in total. The number of ether oxygens (including phenoxy) is 1. The van der Waals surface area contributed by atoms with Gasteiger partial charge in [0, 0.05) is 13.1 Å². The molecule has 0 atom stereocenters. The number of halogens is 1. The fourth-order valence-corrected chi connectivity index (χ4v) is 2.90. The lowest BCUT2D eigenvalue weighted by Crippen LogP contribution is -2.30. The quantitative estimate of drug-likeness (QED) is 0.595. The van der Waals surface area contributed by atoms with Crippen molar-refractivity contribution in [1.82, 2.24) is 10.0 Å². The van der Waals surface area contributed by atoms with E-state index in [2.05, 4.69) is 14.8 Å². The highest BCUT2D eigenvalue weighted by Gasteiger charge is 2.19. The molecule has 19 heavy (non-hydrogen) atoms. The van der Waals surface area contributed by atoms with Crippen molar-refractivity contribution < 1.29 is 17.9 Å². The Balaban J connectivity index is 3.07. The van der Waals surface area contributed by atoms with Crippen LogP contribution in [0.5, 0.6) is 0 Å². The van der Waals surface area contributed by atoms with Crippen LogP contribution in [-0.4, -0.2) is 41.6 Å². The zero-order chi connectivity index (χ0) is 14.5. The summed E-state index contributed by atoms with van der Waals surface area (Å²) in [5, 5.41) is 2.86. The first kappa shape index (κ1) is 15.9. The molecule has 0 saturated heterocycles. The SMILES string of the molecule is CNCCNS(=O)(=O)c1cc(C(=O)OC)ccc1Cl. The van der Waals surface area contributed by atoms with Gasteiger partial charge in [0.2, 0.25) is 10.0 Å². The summed E-state index contributed by atoms with van der Waals surface area (Å²) < 4.78 is 30.9. The van der Waals surface area contributed by atoms with Crippen LogP contribution in [0, 0.1) is 0 Å². The van der Waals surface area contributed by atoms with E-state index in [9.17, 15) is 13.2 Å². The summed E-state index contributed by atoms with van der Waals surface area (Å²) in [6.07, 6.45) is 0. The Morgan fingerprint density at radius 1 is 1.37 bits per heavy atom. The van der Waals surface area contributed by atoms with Crippen molar-refractivity contribution in [3.8, 4) is 0 Å². The summed E-state index contributed by atoms with van der Waals surface area (Å²) in [4.78, 5) is 11.2. The van der Waals surface area contributed by atoms with Gasteiger partial charge in [-0.25, -0.2) is 17.9 Å². The Morgan fingerprint density at radius 3 is 2.63 bits per heavy atom. The number of nitrogens with one attached hydrogen (secondary N) is 2. The van der Waals surface area contributed by atoms with E-state index >= 15 is 0 Å². The minimum absolute atomic E-state index is 0.0459. The monoisotopic (exact) mass is 306 g/mol. The van der Waals surface area contributed by atoms with Crippen LogP contribution < -0.4 is 10.0 Å². The molecule has 0 heterocycles. The number of esters is 1. The van der Waals surface area contributed by atoms with Crippen molar-refractivity contribution in [2.24, 2.45) is 0 Å². The molecule has 0 aliphatic rings. The van der Waals surface area contributed by atoms with Crippen LogP contribution in [0.3, 0.4) is 0 Å². The summed E-state index contributed by atoms with van der Waals surface area (Å²) in [7, 11) is -0.831. The predicted octanol–water partition coefficient (Wildman–Crippen LogP) is 0.624. The van der Waals surface area contributed by atoms with E-state index in [0.29, 0.717) is 6.54 Å². The van der Waals surface area contributed by atoms with Gasteiger partial charge in [-0.3, -0.25) is 0 Å². The molecule has 106 valence electrons. The third-order valence-corrected chi connectivity index (χ3v) is 4.25. The van der Waals surface area contributed by atoms with Gasteiger partial charge in [0.1, 0.15) is 4.90 Å². The lowest BCUT2D eigenvalue weighted by molar-refractivity contribution is 0.0600. The van der Waals surface area contributed by atoms with Gasteiger partial charge in [-0.15, -0.1) is 0 Å². The van der Waals surface area contributed by atoms with Crippen LogP contribution in [0.25, 0.3) is 0 Å². The second kappa shape index (κ2) is 6.85. The smallest absolute Gasteiger partial charge is 0.337 e. The summed E-state index contributed by atoms with van der Waals surface area (Å²) >= 11 is 5.85. The highest BCUT2D eigenvalue weighted by atomic mass is 35.5. The fourth-order valence-electron chi connectivity index (χ4n) is 1.34. The molecule has 0 radical (unpaired) electrons. The van der Waals surface area contributed by atoms with E-state index in [4.69, 9.17) is 11.6 Å². The summed E-state index contributed by atoms with van der Waals surface area (Å²) in [6.45, 7) is 0.700. The van der Waals surface area contributed by atoms with E-state index in [1.165, 1.54) is 25.3 Å². The minimum atomic E-state index is -3.76. The summed E-state index contributed by atoms with van der Waals surface area (Å²) in [5.41, 5.74) is 0.126. The van der Waals surface area contributed by atoms with Crippen molar-refractivity contribution in [2.75, 3.05) is 27.2 Å². The molecule has 0 aliphatic carbocycles. The molecular weight excluding hydrogens is 292 g/mol. The minimum Gasteiger partial charge on any atom is -0.465 e. The summed E-state index contributed by atoms with van der Waals surface area (Å²) in [5.74, 6) is -0.622. The normalized spacial score (nSPS) is 11.3. The van der Waals surface area contributed by atoms with Crippen LogP contribution in [-0.2, 0) is 14.8 Å². The molecule has 0 bridgehead atoms. The first-order valence-corrected chi connectivity index (χ1v) is 7.30. The number of hydrogen-bond acceptors (Lipinski definition) is 5. The second-order valence-electron chi connectivity index (χ2n) is 3.64. The average molecular weight is 307 g/mol. The maximum Gasteiger partial charge on any atom is 0.337 e. The van der Waals surface area contributed by atoms with Crippen LogP contribution in [0.15, 0.2) is 23.1 Å². The Kier molecular flexibility index (Phi) is 5.74. The van der Waals surface area contributed by atoms with Crippen LogP contribution in [0.1, 0.15) is 10.4 Å². The second-order valence-corrected chi connectivity index (χ2v) is 5.78. The molecule has 6 nitrogen and oxygen atoms in total. The molecule has 0 aliphatic heterocycles. The number of carbonyl (C=O) groups is 1. The van der Waals surface area contributed by atoms with Gasteiger partial charge < -0.3 is 10.1 Å². The molecule has 0 unspecified atom stereocenters. The number of likely N-dealkylation sites (N-methyl/N-ethyl adjacent to an activating group) is 1. The topological polar surface area (TPSA) is 84.5 Å². The van der Waals surface area contributed by atoms with Crippen LogP contribution in [0.2, 0.25) is 5.02 Å². The maximum absolute atomic E-state index is 12.0. The number of sulfonamides is 1. The van der Waals surface area contributed by atoms with Gasteiger partial charge in [-0.1, -0.05) is 11.6 Å². The van der Waals surface area contributed by atoms with Gasteiger partial charge in [-0.2, -0.15) is 0 Å². The number of carbonyl (C=O) groups excluding carboxylic acids is 1. The lowest BCUT2D eigenvalue weighted by Gasteiger charge is -2.09. The molecule has 8 heteroatoms. The highest BCUT2D eigenvalue weighted by Crippen LogP contribution is 2.22. The fraction of sp³-hybridized carbons (Fsp3) is 0.364. The van der Waals surface area contributed by atoms with E-state index in [1.54, 1.807) is 7.05 Å². The Morgan fingerprint density at radius 2 is 2.05 bits per heavy atom. The maximum atomic E-state index is 12.0. The highest BCUT2D eigenvalue weighted by molar-refractivity contribution is 7.89. The van der Waals surface area contributed by atoms with Crippen molar-refractivity contribution in [2.45, 2.75) is 4.90 Å². The van der Waals surface area contributed by atoms with Crippen LogP contribution in [0.4, 0.5) is 0 Å². The molecule has 0 fully saturated rings. The first-order valence-electron chi connectivity index (χ1n) is 5.44. The lowest BCUT2D eigenvalue weighted by atomic mass is 10.2. The molecular formula is C11H15ClN2O4S. The van der Waals surface area contributed by atoms with E-state index < -0.39 is 16.0 Å². The molecule has 0 amide bonds. The summed E-state index contributed by atoms with van der Waals surface area (Å²) in [6, 6.07) is 3.94. The molecule has 1 aromatic rings. The Bertz CT molecular complexity index is 560. The number of methoxy groups -OCH3 is 1. The number of rotatable bonds is 6. The van der Waals surface area contributed by atoms with Gasteiger partial charge in [0.05, 0.1) is 17.7 Å². The Labute approximate surface area is 117 Å². The van der Waals surface area contributed by atoms with Crippen molar-refractivity contribution in [3.05, 3.63) is 28.8 Å². The zero-order valence-corrected chi connectivity index (χ0v) is 12.1. The van der Waals surface area contributed by atoms with E-state index in [0.717, 1.165) is 0 Å². The zero-order valence-electron chi connectivity index (χ0n) is 10.6. The van der Waals surface area contributed by atoms with Crippen molar-refractivity contribution >= 4 is 27.6 Å². The molecule has 0 spiro atoms. The standard InChI is InChI=1S/C11H15ClN2O4S/c1-13-5-6-14-19(16,17)10-7-8(11(15)18-2)3-4-9(10)12/h3-4,7,13-14H,5-6H2,1-2H3. The largest absolute Gasteiger partial charge is 0.465 e. The third-order valence-electron chi connectivity index (χ3n) is 2.31. The number of hydrogen-bond donors (Lipinski definition) is 2. The van der Waals surface area contributed by atoms with Crippen molar-refractivity contribution in [3.63, 3.8) is 0 Å². The number of benzene rings is 1. The molecule has 1 aromatic carbocycles. The molecule has 0 aromatic heterocycles. The van der Waals surface area contributed by atoms with E-state index in [1.807, 2.05) is 0 Å². The molecule has 0 saturated carbocycles. The van der Waals surface area contributed by atoms with Crippen molar-refractivity contribution in [1.29, 1.82) is 0 Å². The van der Waals surface area contributed by atoms with Gasteiger partial charge in [0.25, 0.3) is 0 Å². The average Bonchev–Trinajstić information content (AvgIpc) is 2.38. The van der Waals surface area contributed by atoms with Crippen LogP contribution >= 0.6 is 11.6 Å². The first-order chi connectivity index (χ1) is 8.92. The third kappa shape index (κ3) is 4.17.